The number of benzene rings is 1. The second-order valence-electron chi connectivity index (χ2n) is 4.84. The monoisotopic (exact) mass is 380 g/mol. The molecule has 0 aliphatic rings. The first kappa shape index (κ1) is 16.9. The molecule has 0 atom stereocenters. The number of rotatable bonds is 6. The number of halogens is 1. The zero-order valence-electron chi connectivity index (χ0n) is 12.7. The molecule has 1 N–H and O–H groups in total. The maximum Gasteiger partial charge on any atom is 0.277 e. The van der Waals surface area contributed by atoms with Crippen molar-refractivity contribution in [1.82, 2.24) is 15.2 Å². The lowest BCUT2D eigenvalue weighted by molar-refractivity contribution is -0.113. The van der Waals surface area contributed by atoms with Crippen LogP contribution < -0.4 is 5.32 Å². The Balaban J connectivity index is 1.50. The van der Waals surface area contributed by atoms with E-state index in [4.69, 9.17) is 16.0 Å². The zero-order chi connectivity index (χ0) is 16.9. The van der Waals surface area contributed by atoms with Crippen molar-refractivity contribution in [3.05, 3.63) is 51.3 Å². The third kappa shape index (κ3) is 4.80. The van der Waals surface area contributed by atoms with E-state index in [0.29, 0.717) is 28.2 Å². The SMILES string of the molecule is Cc1nc(Cc2nnc(SCC(=O)Nc3cccc(Cl)c3)o2)cs1. The molecule has 3 rings (SSSR count). The number of carbonyl (C=O) groups is 1. The number of amides is 1. The second-order valence-corrected chi connectivity index (χ2v) is 7.27. The highest BCUT2D eigenvalue weighted by Crippen LogP contribution is 2.20. The van der Waals surface area contributed by atoms with Crippen molar-refractivity contribution in [2.24, 2.45) is 0 Å². The standard InChI is InChI=1S/C15H13ClN4O2S2/c1-9-17-12(7-23-9)6-14-19-20-15(22-14)24-8-13(21)18-11-4-2-3-10(16)5-11/h2-5,7H,6,8H2,1H3,(H,18,21). The van der Waals surface area contributed by atoms with E-state index in [2.05, 4.69) is 20.5 Å². The van der Waals surface area contributed by atoms with Crippen molar-refractivity contribution in [1.29, 1.82) is 0 Å². The van der Waals surface area contributed by atoms with Crippen LogP contribution in [0.4, 0.5) is 5.69 Å². The minimum atomic E-state index is -0.169. The fourth-order valence-electron chi connectivity index (χ4n) is 1.90. The number of aromatic nitrogens is 3. The number of nitrogens with one attached hydrogen (secondary N) is 1. The highest BCUT2D eigenvalue weighted by molar-refractivity contribution is 7.99. The summed E-state index contributed by atoms with van der Waals surface area (Å²) < 4.78 is 5.52. The fraction of sp³-hybridized carbons (Fsp3) is 0.200. The Bertz CT molecular complexity index is 849. The summed E-state index contributed by atoms with van der Waals surface area (Å²) in [7, 11) is 0. The van der Waals surface area contributed by atoms with Crippen LogP contribution in [0.3, 0.4) is 0 Å². The van der Waals surface area contributed by atoms with Gasteiger partial charge < -0.3 is 9.73 Å². The molecule has 0 unspecified atom stereocenters. The predicted octanol–water partition coefficient (Wildman–Crippen LogP) is 3.81. The minimum absolute atomic E-state index is 0.169. The Morgan fingerprint density at radius 1 is 1.42 bits per heavy atom. The molecule has 0 bridgehead atoms. The molecule has 3 aromatic rings. The summed E-state index contributed by atoms with van der Waals surface area (Å²) in [5, 5.41) is 14.6. The van der Waals surface area contributed by atoms with Gasteiger partial charge in [-0.2, -0.15) is 0 Å². The first-order valence-electron chi connectivity index (χ1n) is 7.00. The van der Waals surface area contributed by atoms with E-state index >= 15 is 0 Å². The number of aryl methyl sites for hydroxylation is 1. The van der Waals surface area contributed by atoms with Gasteiger partial charge in [0.05, 0.1) is 22.9 Å². The van der Waals surface area contributed by atoms with Crippen LogP contribution in [0.1, 0.15) is 16.6 Å². The minimum Gasteiger partial charge on any atom is -0.416 e. The summed E-state index contributed by atoms with van der Waals surface area (Å²) in [5.41, 5.74) is 1.55. The quantitative estimate of drug-likeness (QED) is 0.655. The summed E-state index contributed by atoms with van der Waals surface area (Å²) in [6.45, 7) is 1.95. The van der Waals surface area contributed by atoms with Crippen LogP contribution in [0.5, 0.6) is 0 Å². The number of hydrogen-bond acceptors (Lipinski definition) is 7. The van der Waals surface area contributed by atoms with Crippen LogP contribution in [0.15, 0.2) is 39.3 Å². The van der Waals surface area contributed by atoms with Gasteiger partial charge in [0.2, 0.25) is 11.8 Å². The molecule has 1 aromatic carbocycles. The number of thiazole rings is 1. The third-order valence-corrected chi connectivity index (χ3v) is 4.76. The number of anilines is 1. The van der Waals surface area contributed by atoms with E-state index in [9.17, 15) is 4.79 Å². The fourth-order valence-corrected chi connectivity index (χ4v) is 3.29. The van der Waals surface area contributed by atoms with Crippen molar-refractivity contribution in [2.45, 2.75) is 18.6 Å². The predicted molar refractivity (Wildman–Crippen MR) is 94.8 cm³/mol. The number of carbonyl (C=O) groups excluding carboxylic acids is 1. The van der Waals surface area contributed by atoms with Gasteiger partial charge >= 0.3 is 0 Å². The lowest BCUT2D eigenvalue weighted by atomic mass is 10.3. The van der Waals surface area contributed by atoms with Gasteiger partial charge in [0.25, 0.3) is 5.22 Å². The average molecular weight is 381 g/mol. The Kier molecular flexibility index (Phi) is 5.49. The third-order valence-electron chi connectivity index (χ3n) is 2.88. The van der Waals surface area contributed by atoms with Crippen molar-refractivity contribution < 1.29 is 9.21 Å². The van der Waals surface area contributed by atoms with Crippen LogP contribution in [0.25, 0.3) is 0 Å². The van der Waals surface area contributed by atoms with Gasteiger partial charge in [0.15, 0.2) is 0 Å². The van der Waals surface area contributed by atoms with Crippen molar-refractivity contribution in [3.8, 4) is 0 Å². The molecule has 0 saturated carbocycles. The van der Waals surface area contributed by atoms with Crippen LogP contribution >= 0.6 is 34.7 Å². The smallest absolute Gasteiger partial charge is 0.277 e. The van der Waals surface area contributed by atoms with Gasteiger partial charge in [0.1, 0.15) is 0 Å². The topological polar surface area (TPSA) is 80.9 Å². The summed E-state index contributed by atoms with van der Waals surface area (Å²) in [5.74, 6) is 0.486. The highest BCUT2D eigenvalue weighted by Gasteiger charge is 2.11. The van der Waals surface area contributed by atoms with E-state index in [1.165, 1.54) is 11.8 Å². The molecule has 0 radical (unpaired) electrons. The van der Waals surface area contributed by atoms with Crippen molar-refractivity contribution >= 4 is 46.3 Å². The molecule has 24 heavy (non-hydrogen) atoms. The molecular weight excluding hydrogens is 368 g/mol. The van der Waals surface area contributed by atoms with E-state index in [-0.39, 0.29) is 11.7 Å². The molecule has 1 amide bonds. The van der Waals surface area contributed by atoms with E-state index in [1.54, 1.807) is 35.6 Å². The van der Waals surface area contributed by atoms with Crippen molar-refractivity contribution in [3.63, 3.8) is 0 Å². The molecule has 6 nitrogen and oxygen atoms in total. The van der Waals surface area contributed by atoms with Crippen LogP contribution in [0, 0.1) is 6.92 Å². The van der Waals surface area contributed by atoms with Gasteiger partial charge in [0, 0.05) is 16.1 Å². The molecule has 0 aliphatic heterocycles. The Hall–Kier alpha value is -1.90. The van der Waals surface area contributed by atoms with Gasteiger partial charge in [-0.05, 0) is 25.1 Å². The van der Waals surface area contributed by atoms with Gasteiger partial charge in [-0.1, -0.05) is 29.4 Å². The number of nitrogens with zero attached hydrogens (tertiary/aromatic N) is 3. The molecule has 124 valence electrons. The average Bonchev–Trinajstić information content (AvgIpc) is 3.15. The molecule has 0 spiro atoms. The van der Waals surface area contributed by atoms with Crippen LogP contribution in [-0.4, -0.2) is 26.8 Å². The molecule has 9 heteroatoms. The highest BCUT2D eigenvalue weighted by atomic mass is 35.5. The van der Waals surface area contributed by atoms with E-state index in [1.807, 2.05) is 12.3 Å². The van der Waals surface area contributed by atoms with Crippen LogP contribution in [-0.2, 0) is 11.2 Å². The largest absolute Gasteiger partial charge is 0.416 e. The molecular formula is C15H13ClN4O2S2. The normalized spacial score (nSPS) is 10.8. The summed E-state index contributed by atoms with van der Waals surface area (Å²) in [6, 6.07) is 6.98. The van der Waals surface area contributed by atoms with Gasteiger partial charge in [-0.15, -0.1) is 21.5 Å². The zero-order valence-corrected chi connectivity index (χ0v) is 15.0. The summed E-state index contributed by atoms with van der Waals surface area (Å²) in [4.78, 5) is 16.3. The van der Waals surface area contributed by atoms with E-state index in [0.717, 1.165) is 10.7 Å². The number of thioether (sulfide) groups is 1. The summed E-state index contributed by atoms with van der Waals surface area (Å²) >= 11 is 8.64. The van der Waals surface area contributed by atoms with E-state index < -0.39 is 0 Å². The van der Waals surface area contributed by atoms with Gasteiger partial charge in [-0.3, -0.25) is 4.79 Å². The first-order valence-corrected chi connectivity index (χ1v) is 9.24. The Labute approximate surface area is 151 Å². The first-order chi connectivity index (χ1) is 11.6. The molecule has 0 fully saturated rings. The lowest BCUT2D eigenvalue weighted by Gasteiger charge is -2.03. The lowest BCUT2D eigenvalue weighted by Crippen LogP contribution is -2.13. The molecule has 0 saturated heterocycles. The second kappa shape index (κ2) is 7.78. The summed E-state index contributed by atoms with van der Waals surface area (Å²) in [6.07, 6.45) is 0.493. The Morgan fingerprint density at radius 3 is 3.04 bits per heavy atom. The maximum absolute atomic E-state index is 11.9. The molecule has 2 heterocycles. The molecule has 2 aromatic heterocycles. The number of hydrogen-bond donors (Lipinski definition) is 1. The van der Waals surface area contributed by atoms with Crippen LogP contribution in [0.2, 0.25) is 5.02 Å². The molecule has 0 aliphatic carbocycles. The van der Waals surface area contributed by atoms with Gasteiger partial charge in [-0.25, -0.2) is 4.98 Å². The Morgan fingerprint density at radius 2 is 2.29 bits per heavy atom. The van der Waals surface area contributed by atoms with Crippen molar-refractivity contribution in [2.75, 3.05) is 11.1 Å². The maximum atomic E-state index is 11.9.